The summed E-state index contributed by atoms with van der Waals surface area (Å²) < 4.78 is 7.68. The normalized spacial score (nSPS) is 17.4. The molecule has 3 heterocycles. The lowest BCUT2D eigenvalue weighted by molar-refractivity contribution is -0.0285. The third kappa shape index (κ3) is 4.95. The summed E-state index contributed by atoms with van der Waals surface area (Å²) in [7, 11) is 0. The van der Waals surface area contributed by atoms with Gasteiger partial charge >= 0.3 is 6.03 Å². The molecule has 1 fully saturated rings. The van der Waals surface area contributed by atoms with E-state index in [0.717, 1.165) is 30.7 Å². The zero-order chi connectivity index (χ0) is 20.9. The maximum atomic E-state index is 12.3. The first-order chi connectivity index (χ1) is 14.6. The number of amides is 2. The van der Waals surface area contributed by atoms with Gasteiger partial charge in [0.2, 0.25) is 0 Å². The van der Waals surface area contributed by atoms with E-state index in [-0.39, 0.29) is 18.2 Å². The number of nitrogens with one attached hydrogen (secondary N) is 2. The van der Waals surface area contributed by atoms with Gasteiger partial charge in [0.05, 0.1) is 30.8 Å². The van der Waals surface area contributed by atoms with Crippen LogP contribution in [0.25, 0.3) is 11.0 Å². The van der Waals surface area contributed by atoms with Crippen LogP contribution in [0.4, 0.5) is 10.5 Å². The number of carbonyl (C=O) groups excluding carboxylic acids is 1. The van der Waals surface area contributed by atoms with E-state index in [1.165, 1.54) is 5.56 Å². The van der Waals surface area contributed by atoms with E-state index in [1.54, 1.807) is 12.4 Å². The number of anilines is 1. The number of urea groups is 1. The fourth-order valence-electron chi connectivity index (χ4n) is 3.66. The van der Waals surface area contributed by atoms with Gasteiger partial charge in [0, 0.05) is 37.6 Å². The number of carbonyl (C=O) groups is 1. The number of benzene rings is 1. The van der Waals surface area contributed by atoms with Crippen LogP contribution in [0.5, 0.6) is 0 Å². The second kappa shape index (κ2) is 9.23. The van der Waals surface area contributed by atoms with Gasteiger partial charge in [-0.25, -0.2) is 14.5 Å². The summed E-state index contributed by atoms with van der Waals surface area (Å²) in [6, 6.07) is 12.2. The second-order valence-electron chi connectivity index (χ2n) is 7.87. The number of pyridine rings is 1. The predicted octanol–water partition coefficient (Wildman–Crippen LogP) is 3.03. The van der Waals surface area contributed by atoms with E-state index in [0.29, 0.717) is 18.8 Å². The first-order valence-electron chi connectivity index (χ1n) is 10.3. The van der Waals surface area contributed by atoms with Crippen molar-refractivity contribution >= 4 is 22.8 Å². The second-order valence-corrected chi connectivity index (χ2v) is 7.87. The molecule has 4 rings (SSSR count). The van der Waals surface area contributed by atoms with Crippen molar-refractivity contribution in [1.29, 1.82) is 0 Å². The molecule has 8 heteroatoms. The highest BCUT2D eigenvalue weighted by Gasteiger charge is 2.21. The minimum Gasteiger partial charge on any atom is -0.374 e. The molecule has 3 aromatic rings. The minimum atomic E-state index is -0.267. The van der Waals surface area contributed by atoms with Crippen LogP contribution in [-0.4, -0.2) is 58.0 Å². The average Bonchev–Trinajstić information content (AvgIpc) is 3.17. The summed E-state index contributed by atoms with van der Waals surface area (Å²) in [5, 5.41) is 11.0. The van der Waals surface area contributed by atoms with Gasteiger partial charge in [-0.2, -0.15) is 5.10 Å². The fourth-order valence-corrected chi connectivity index (χ4v) is 3.66. The molecule has 0 saturated carbocycles. The lowest BCUT2D eigenvalue weighted by Crippen LogP contribution is -2.47. The van der Waals surface area contributed by atoms with Crippen molar-refractivity contribution in [3.8, 4) is 0 Å². The van der Waals surface area contributed by atoms with E-state index < -0.39 is 0 Å². The molecule has 0 spiro atoms. The van der Waals surface area contributed by atoms with Crippen LogP contribution in [0.15, 0.2) is 48.8 Å². The molecular weight excluding hydrogens is 380 g/mol. The smallest absolute Gasteiger partial charge is 0.319 e. The van der Waals surface area contributed by atoms with Crippen LogP contribution in [0.3, 0.4) is 0 Å². The number of hydrogen-bond donors (Lipinski definition) is 2. The van der Waals surface area contributed by atoms with E-state index in [2.05, 4.69) is 63.7 Å². The average molecular weight is 409 g/mol. The molecule has 1 atom stereocenters. The summed E-state index contributed by atoms with van der Waals surface area (Å²) in [4.78, 5) is 19.1. The van der Waals surface area contributed by atoms with Gasteiger partial charge in [0.15, 0.2) is 5.65 Å². The molecule has 30 heavy (non-hydrogen) atoms. The fraction of sp³-hybridized carbons (Fsp3) is 0.409. The van der Waals surface area contributed by atoms with Gasteiger partial charge in [-0.1, -0.05) is 30.3 Å². The highest BCUT2D eigenvalue weighted by molar-refractivity contribution is 5.91. The largest absolute Gasteiger partial charge is 0.374 e. The molecule has 2 amide bonds. The van der Waals surface area contributed by atoms with Crippen molar-refractivity contribution in [3.63, 3.8) is 0 Å². The molecule has 0 radical (unpaired) electrons. The minimum absolute atomic E-state index is 0.0295. The number of morpholine rings is 1. The van der Waals surface area contributed by atoms with Gasteiger partial charge in [-0.05, 0) is 25.5 Å². The van der Waals surface area contributed by atoms with Crippen molar-refractivity contribution in [2.45, 2.75) is 32.5 Å². The highest BCUT2D eigenvalue weighted by atomic mass is 16.5. The third-order valence-corrected chi connectivity index (χ3v) is 5.14. The molecule has 0 aliphatic carbocycles. The molecule has 1 saturated heterocycles. The maximum absolute atomic E-state index is 12.3. The predicted molar refractivity (Wildman–Crippen MR) is 116 cm³/mol. The number of aromatic nitrogens is 3. The number of rotatable bonds is 6. The van der Waals surface area contributed by atoms with Crippen LogP contribution in [0.1, 0.15) is 25.5 Å². The van der Waals surface area contributed by atoms with Gasteiger partial charge in [-0.15, -0.1) is 0 Å². The van der Waals surface area contributed by atoms with Crippen LogP contribution in [0, 0.1) is 0 Å². The monoisotopic (exact) mass is 408 g/mol. The highest BCUT2D eigenvalue weighted by Crippen LogP contribution is 2.19. The number of hydrogen-bond acceptors (Lipinski definition) is 5. The van der Waals surface area contributed by atoms with Gasteiger partial charge in [-0.3, -0.25) is 4.90 Å². The lowest BCUT2D eigenvalue weighted by atomic mass is 10.2. The van der Waals surface area contributed by atoms with Crippen molar-refractivity contribution in [2.24, 2.45) is 0 Å². The molecule has 8 nitrogen and oxygen atoms in total. The van der Waals surface area contributed by atoms with Crippen molar-refractivity contribution < 1.29 is 9.53 Å². The Morgan fingerprint density at radius 2 is 2.10 bits per heavy atom. The van der Waals surface area contributed by atoms with E-state index >= 15 is 0 Å². The Balaban J connectivity index is 1.27. The Labute approximate surface area is 176 Å². The molecule has 158 valence electrons. The van der Waals surface area contributed by atoms with Crippen molar-refractivity contribution in [2.75, 3.05) is 31.6 Å². The quantitative estimate of drug-likeness (QED) is 0.655. The lowest BCUT2D eigenvalue weighted by Gasteiger charge is -2.33. The number of fused-ring (bicyclic) bond motifs is 1. The van der Waals surface area contributed by atoms with Gasteiger partial charge in [0.25, 0.3) is 0 Å². The first kappa shape index (κ1) is 20.3. The summed E-state index contributed by atoms with van der Waals surface area (Å²) in [6.07, 6.45) is 3.39. The van der Waals surface area contributed by atoms with Crippen LogP contribution in [0.2, 0.25) is 0 Å². The Kier molecular flexibility index (Phi) is 6.25. The maximum Gasteiger partial charge on any atom is 0.319 e. The Bertz CT molecular complexity index is 988. The third-order valence-electron chi connectivity index (χ3n) is 5.14. The van der Waals surface area contributed by atoms with Crippen molar-refractivity contribution in [1.82, 2.24) is 25.0 Å². The standard InChI is InChI=1S/C22H28N6O2/c1-16(2)28-21-18(11-25-28)10-19(12-23-21)26-22(29)24-13-20-15-27(8-9-30-20)14-17-6-4-3-5-7-17/h3-7,10-12,16,20H,8-9,13-15H2,1-2H3,(H2,24,26,29)/t20-/m0/s1. The molecule has 1 aliphatic heterocycles. The van der Waals surface area contributed by atoms with Gasteiger partial charge < -0.3 is 15.4 Å². The molecule has 0 unspecified atom stereocenters. The molecule has 0 bridgehead atoms. The van der Waals surface area contributed by atoms with Crippen molar-refractivity contribution in [3.05, 3.63) is 54.4 Å². The molecular formula is C22H28N6O2. The number of nitrogens with zero attached hydrogens (tertiary/aromatic N) is 4. The van der Waals surface area contributed by atoms with Crippen LogP contribution in [-0.2, 0) is 11.3 Å². The topological polar surface area (TPSA) is 84.3 Å². The summed E-state index contributed by atoms with van der Waals surface area (Å²) >= 11 is 0. The molecule has 1 aromatic carbocycles. The summed E-state index contributed by atoms with van der Waals surface area (Å²) in [5.74, 6) is 0. The van der Waals surface area contributed by atoms with Crippen LogP contribution < -0.4 is 10.6 Å². The molecule has 1 aliphatic rings. The van der Waals surface area contributed by atoms with E-state index in [4.69, 9.17) is 4.74 Å². The zero-order valence-electron chi connectivity index (χ0n) is 17.4. The zero-order valence-corrected chi connectivity index (χ0v) is 17.4. The molecule has 2 N–H and O–H groups in total. The Morgan fingerprint density at radius 3 is 2.90 bits per heavy atom. The first-order valence-corrected chi connectivity index (χ1v) is 10.3. The Morgan fingerprint density at radius 1 is 1.27 bits per heavy atom. The summed E-state index contributed by atoms with van der Waals surface area (Å²) in [5.41, 5.74) is 2.73. The number of ether oxygens (including phenoxy) is 1. The van der Waals surface area contributed by atoms with E-state index in [9.17, 15) is 4.79 Å². The van der Waals surface area contributed by atoms with Gasteiger partial charge in [0.1, 0.15) is 0 Å². The Hall–Kier alpha value is -2.97. The summed E-state index contributed by atoms with van der Waals surface area (Å²) in [6.45, 7) is 7.82. The molecule has 2 aromatic heterocycles. The van der Waals surface area contributed by atoms with Crippen LogP contribution >= 0.6 is 0 Å². The van der Waals surface area contributed by atoms with E-state index in [1.807, 2.05) is 16.8 Å². The SMILES string of the molecule is CC(C)n1ncc2cc(NC(=O)NC[C@H]3CN(Cc4ccccc4)CCO3)cnc21.